The minimum atomic E-state index is -0.166. The molecule has 0 spiro atoms. The molecule has 17 heavy (non-hydrogen) atoms. The maximum atomic E-state index is 11.7. The number of aromatic nitrogens is 1. The zero-order valence-electron chi connectivity index (χ0n) is 9.48. The number of nitrogens with two attached hydrogens (primary N) is 1. The maximum Gasteiger partial charge on any atom is 0.269 e. The van der Waals surface area contributed by atoms with E-state index in [0.29, 0.717) is 23.8 Å². The summed E-state index contributed by atoms with van der Waals surface area (Å²) in [6.45, 7) is 2.15. The number of carbonyl (C=O) groups is 1. The third-order valence-electron chi connectivity index (χ3n) is 2.74. The fourth-order valence-electron chi connectivity index (χ4n) is 1.69. The van der Waals surface area contributed by atoms with Crippen LogP contribution in [0, 0.1) is 5.92 Å². The Kier molecular flexibility index (Phi) is 3.89. The number of nitrogens with zero attached hydrogens (tertiary/aromatic N) is 1. The van der Waals surface area contributed by atoms with Crippen molar-refractivity contribution in [3.63, 3.8) is 0 Å². The fraction of sp³-hybridized carbons (Fsp3) is 0.455. The van der Waals surface area contributed by atoms with Gasteiger partial charge in [0.1, 0.15) is 5.69 Å². The van der Waals surface area contributed by atoms with Crippen molar-refractivity contribution in [3.05, 3.63) is 24.0 Å². The average Bonchev–Trinajstić information content (AvgIpc) is 2.89. The average molecular weight is 236 g/mol. The number of hydrogen-bond donors (Lipinski definition) is 3. The topological polar surface area (TPSA) is 89.3 Å². The predicted octanol–water partition coefficient (Wildman–Crippen LogP) is 0.133. The molecule has 1 aromatic heterocycles. The number of ether oxygens (including phenoxy) is 1. The van der Waals surface area contributed by atoms with E-state index in [1.54, 1.807) is 12.1 Å². The molecule has 0 radical (unpaired) electrons. The van der Waals surface area contributed by atoms with Crippen molar-refractivity contribution in [2.75, 3.05) is 25.2 Å². The molecule has 0 aromatic carbocycles. The first kappa shape index (κ1) is 11.8. The standard InChI is InChI=1S/C11H16N4O2/c12-15-9-1-2-10(13-6-9)11(16)14-5-8-3-4-17-7-8/h1-2,6,8,15H,3-5,7,12H2,(H,14,16). The largest absolute Gasteiger partial charge is 0.381 e. The highest BCUT2D eigenvalue weighted by Gasteiger charge is 2.17. The second-order valence-corrected chi connectivity index (χ2v) is 4.02. The third-order valence-corrected chi connectivity index (χ3v) is 2.74. The van der Waals surface area contributed by atoms with Crippen LogP contribution in [-0.2, 0) is 4.74 Å². The molecule has 1 amide bonds. The normalized spacial score (nSPS) is 19.0. The van der Waals surface area contributed by atoms with Crippen molar-refractivity contribution in [1.82, 2.24) is 10.3 Å². The molecule has 6 nitrogen and oxygen atoms in total. The maximum absolute atomic E-state index is 11.7. The second kappa shape index (κ2) is 5.60. The molecule has 2 heterocycles. The molecule has 1 fully saturated rings. The number of rotatable bonds is 4. The molecule has 0 bridgehead atoms. The monoisotopic (exact) mass is 236 g/mol. The van der Waals surface area contributed by atoms with Crippen LogP contribution in [0.5, 0.6) is 0 Å². The molecule has 92 valence electrons. The van der Waals surface area contributed by atoms with Crippen molar-refractivity contribution in [3.8, 4) is 0 Å². The van der Waals surface area contributed by atoms with E-state index in [9.17, 15) is 4.79 Å². The van der Waals surface area contributed by atoms with Crippen molar-refractivity contribution in [2.45, 2.75) is 6.42 Å². The predicted molar refractivity (Wildman–Crippen MR) is 63.3 cm³/mol. The Morgan fingerprint density at radius 3 is 3.06 bits per heavy atom. The molecule has 0 saturated carbocycles. The lowest BCUT2D eigenvalue weighted by atomic mass is 10.1. The zero-order chi connectivity index (χ0) is 12.1. The third kappa shape index (κ3) is 3.15. The summed E-state index contributed by atoms with van der Waals surface area (Å²) in [4.78, 5) is 15.7. The second-order valence-electron chi connectivity index (χ2n) is 4.02. The van der Waals surface area contributed by atoms with Gasteiger partial charge in [0, 0.05) is 19.1 Å². The summed E-state index contributed by atoms with van der Waals surface area (Å²) in [7, 11) is 0. The van der Waals surface area contributed by atoms with Crippen molar-refractivity contribution in [1.29, 1.82) is 0 Å². The number of pyridine rings is 1. The van der Waals surface area contributed by atoms with Gasteiger partial charge in [0.2, 0.25) is 0 Å². The first-order valence-corrected chi connectivity index (χ1v) is 5.58. The van der Waals surface area contributed by atoms with E-state index in [1.807, 2.05) is 0 Å². The van der Waals surface area contributed by atoms with Gasteiger partial charge in [-0.1, -0.05) is 0 Å². The van der Waals surface area contributed by atoms with Crippen molar-refractivity contribution >= 4 is 11.6 Å². The number of nitrogen functional groups attached to an aromatic ring is 1. The summed E-state index contributed by atoms with van der Waals surface area (Å²) in [5.41, 5.74) is 3.52. The van der Waals surface area contributed by atoms with E-state index < -0.39 is 0 Å². The number of anilines is 1. The Balaban J connectivity index is 1.85. The SMILES string of the molecule is NNc1ccc(C(=O)NCC2CCOC2)nc1. The van der Waals surface area contributed by atoms with E-state index in [0.717, 1.165) is 19.6 Å². The number of hydrazine groups is 1. The number of amides is 1. The minimum absolute atomic E-state index is 0.166. The van der Waals surface area contributed by atoms with E-state index in [-0.39, 0.29) is 5.91 Å². The molecule has 1 aliphatic rings. The van der Waals surface area contributed by atoms with Crippen LogP contribution < -0.4 is 16.6 Å². The van der Waals surface area contributed by atoms with Crippen molar-refractivity contribution in [2.24, 2.45) is 11.8 Å². The van der Waals surface area contributed by atoms with Crippen LogP contribution in [0.1, 0.15) is 16.9 Å². The molecule has 1 unspecified atom stereocenters. The molecular weight excluding hydrogens is 220 g/mol. The lowest BCUT2D eigenvalue weighted by Gasteiger charge is -2.09. The number of carbonyl (C=O) groups excluding carboxylic acids is 1. The van der Waals surface area contributed by atoms with Gasteiger partial charge >= 0.3 is 0 Å². The van der Waals surface area contributed by atoms with Crippen LogP contribution in [0.15, 0.2) is 18.3 Å². The van der Waals surface area contributed by atoms with Gasteiger partial charge in [0.05, 0.1) is 18.5 Å². The van der Waals surface area contributed by atoms with Crippen LogP contribution in [0.4, 0.5) is 5.69 Å². The Labute approximate surface area is 99.5 Å². The van der Waals surface area contributed by atoms with Crippen LogP contribution in [0.3, 0.4) is 0 Å². The molecule has 1 atom stereocenters. The summed E-state index contributed by atoms with van der Waals surface area (Å²) >= 11 is 0. The van der Waals surface area contributed by atoms with E-state index >= 15 is 0 Å². The van der Waals surface area contributed by atoms with Crippen LogP contribution in [0.2, 0.25) is 0 Å². The van der Waals surface area contributed by atoms with Gasteiger partial charge in [-0.25, -0.2) is 4.98 Å². The van der Waals surface area contributed by atoms with Crippen molar-refractivity contribution < 1.29 is 9.53 Å². The lowest BCUT2D eigenvalue weighted by Crippen LogP contribution is -2.30. The quantitative estimate of drug-likeness (QED) is 0.511. The Hall–Kier alpha value is -1.66. The molecule has 1 aromatic rings. The van der Waals surface area contributed by atoms with E-state index in [2.05, 4.69) is 15.7 Å². The van der Waals surface area contributed by atoms with E-state index in [4.69, 9.17) is 10.6 Å². The first-order chi connectivity index (χ1) is 8.29. The smallest absolute Gasteiger partial charge is 0.269 e. The lowest BCUT2D eigenvalue weighted by molar-refractivity contribution is 0.0940. The molecule has 1 aliphatic heterocycles. The molecule has 4 N–H and O–H groups in total. The van der Waals surface area contributed by atoms with Gasteiger partial charge in [-0.2, -0.15) is 0 Å². The molecule has 0 aliphatic carbocycles. The number of hydrogen-bond acceptors (Lipinski definition) is 5. The summed E-state index contributed by atoms with van der Waals surface area (Å²) in [6.07, 6.45) is 2.53. The van der Waals surface area contributed by atoms with Gasteiger partial charge in [-0.15, -0.1) is 0 Å². The minimum Gasteiger partial charge on any atom is -0.381 e. The van der Waals surface area contributed by atoms with Crippen LogP contribution >= 0.6 is 0 Å². The fourth-order valence-corrected chi connectivity index (χ4v) is 1.69. The highest BCUT2D eigenvalue weighted by atomic mass is 16.5. The van der Waals surface area contributed by atoms with Gasteiger partial charge in [0.15, 0.2) is 0 Å². The number of nitrogens with one attached hydrogen (secondary N) is 2. The summed E-state index contributed by atoms with van der Waals surface area (Å²) in [5.74, 6) is 5.47. The summed E-state index contributed by atoms with van der Waals surface area (Å²) in [5, 5.41) is 2.85. The first-order valence-electron chi connectivity index (χ1n) is 5.58. The Morgan fingerprint density at radius 2 is 2.47 bits per heavy atom. The van der Waals surface area contributed by atoms with Gasteiger partial charge in [-0.05, 0) is 18.6 Å². The molecule has 6 heteroatoms. The van der Waals surface area contributed by atoms with Gasteiger partial charge < -0.3 is 15.5 Å². The summed E-state index contributed by atoms with van der Waals surface area (Å²) in [6, 6.07) is 3.34. The van der Waals surface area contributed by atoms with Crippen LogP contribution in [-0.4, -0.2) is 30.6 Å². The highest BCUT2D eigenvalue weighted by molar-refractivity contribution is 5.92. The highest BCUT2D eigenvalue weighted by Crippen LogP contribution is 2.11. The van der Waals surface area contributed by atoms with Crippen LogP contribution in [0.25, 0.3) is 0 Å². The molecule has 2 rings (SSSR count). The molecular formula is C11H16N4O2. The Morgan fingerprint density at radius 1 is 1.59 bits per heavy atom. The molecule has 1 saturated heterocycles. The van der Waals surface area contributed by atoms with E-state index in [1.165, 1.54) is 6.20 Å². The summed E-state index contributed by atoms with van der Waals surface area (Å²) < 4.78 is 5.24. The zero-order valence-corrected chi connectivity index (χ0v) is 9.48. The van der Waals surface area contributed by atoms with Gasteiger partial charge in [0.25, 0.3) is 5.91 Å². The Bertz CT molecular complexity index is 374. The van der Waals surface area contributed by atoms with Gasteiger partial charge in [-0.3, -0.25) is 10.6 Å².